The number of methoxy groups -OCH3 is 1. The van der Waals surface area contributed by atoms with Gasteiger partial charge in [0.25, 0.3) is 16.8 Å². The Bertz CT molecular complexity index is 1230. The van der Waals surface area contributed by atoms with Crippen molar-refractivity contribution in [2.24, 2.45) is 0 Å². The molecule has 1 aromatic heterocycles. The first-order valence-corrected chi connectivity index (χ1v) is 10.1. The number of rotatable bonds is 6. The standard InChI is InChI=1S/C22H15N3O6S/c1-30-18-11-14(7-9-17(18)31-20-10-8-16(13-23-20)25(28)29)12-19-21(26)24(22(27)32-19)15-5-3-2-4-6-15/h2-13H,1H3. The molecule has 2 amide bonds. The Labute approximate surface area is 186 Å². The van der Waals surface area contributed by atoms with Crippen LogP contribution >= 0.6 is 11.8 Å². The SMILES string of the molecule is COc1cc(C=C2SC(=O)N(c3ccccc3)C2=O)ccc1Oc1ccc([N+](=O)[O-])cn1. The average molecular weight is 449 g/mol. The molecule has 0 atom stereocenters. The number of thioether (sulfide) groups is 1. The highest BCUT2D eigenvalue weighted by molar-refractivity contribution is 8.19. The fourth-order valence-electron chi connectivity index (χ4n) is 2.93. The van der Waals surface area contributed by atoms with Crippen LogP contribution < -0.4 is 14.4 Å². The van der Waals surface area contributed by atoms with Crippen LogP contribution in [0.1, 0.15) is 5.56 Å². The zero-order valence-corrected chi connectivity index (χ0v) is 17.4. The molecule has 0 N–H and O–H groups in total. The fraction of sp³-hybridized carbons (Fsp3) is 0.0455. The number of hydrogen-bond donors (Lipinski definition) is 0. The highest BCUT2D eigenvalue weighted by Crippen LogP contribution is 2.37. The number of aromatic nitrogens is 1. The van der Waals surface area contributed by atoms with Gasteiger partial charge >= 0.3 is 0 Å². The molecule has 4 rings (SSSR count). The third-order valence-corrected chi connectivity index (χ3v) is 5.31. The van der Waals surface area contributed by atoms with E-state index < -0.39 is 10.8 Å². The van der Waals surface area contributed by atoms with E-state index in [0.29, 0.717) is 22.7 Å². The number of carbonyl (C=O) groups excluding carboxylic acids is 2. The molecule has 160 valence electrons. The topological polar surface area (TPSA) is 112 Å². The summed E-state index contributed by atoms with van der Waals surface area (Å²) in [6.07, 6.45) is 2.70. The zero-order chi connectivity index (χ0) is 22.7. The van der Waals surface area contributed by atoms with Crippen molar-refractivity contribution in [1.29, 1.82) is 0 Å². The third kappa shape index (κ3) is 4.30. The third-order valence-electron chi connectivity index (χ3n) is 4.44. The molecule has 0 spiro atoms. The van der Waals surface area contributed by atoms with Crippen LogP contribution in [-0.4, -0.2) is 28.2 Å². The number of ether oxygens (including phenoxy) is 2. The molecule has 10 heteroatoms. The highest BCUT2D eigenvalue weighted by Gasteiger charge is 2.36. The van der Waals surface area contributed by atoms with E-state index in [9.17, 15) is 19.7 Å². The van der Waals surface area contributed by atoms with Crippen molar-refractivity contribution < 1.29 is 24.0 Å². The van der Waals surface area contributed by atoms with Gasteiger partial charge in [-0.3, -0.25) is 19.7 Å². The van der Waals surface area contributed by atoms with Crippen molar-refractivity contribution in [3.63, 3.8) is 0 Å². The first kappa shape index (κ1) is 21.1. The predicted molar refractivity (Wildman–Crippen MR) is 119 cm³/mol. The van der Waals surface area contributed by atoms with E-state index >= 15 is 0 Å². The molecule has 0 aliphatic carbocycles. The second kappa shape index (κ2) is 8.90. The lowest BCUT2D eigenvalue weighted by Gasteiger charge is -2.12. The number of pyridine rings is 1. The normalized spacial score (nSPS) is 14.7. The van der Waals surface area contributed by atoms with Gasteiger partial charge in [0.2, 0.25) is 5.88 Å². The molecule has 0 radical (unpaired) electrons. The number of hydrogen-bond acceptors (Lipinski definition) is 8. The summed E-state index contributed by atoms with van der Waals surface area (Å²) in [5, 5.41) is 10.4. The zero-order valence-electron chi connectivity index (χ0n) is 16.6. The van der Waals surface area contributed by atoms with Crippen LogP contribution in [0.3, 0.4) is 0 Å². The average Bonchev–Trinajstić information content (AvgIpc) is 3.08. The van der Waals surface area contributed by atoms with Crippen molar-refractivity contribution in [3.05, 3.63) is 87.4 Å². The van der Waals surface area contributed by atoms with Crippen LogP contribution in [-0.2, 0) is 4.79 Å². The molecule has 0 bridgehead atoms. The first-order valence-electron chi connectivity index (χ1n) is 9.25. The number of para-hydroxylation sites is 1. The van der Waals surface area contributed by atoms with Crippen LogP contribution in [0.15, 0.2) is 71.8 Å². The van der Waals surface area contributed by atoms with Crippen molar-refractivity contribution in [2.75, 3.05) is 12.0 Å². The number of imide groups is 1. The predicted octanol–water partition coefficient (Wildman–Crippen LogP) is 5.03. The van der Waals surface area contributed by atoms with E-state index in [1.807, 2.05) is 0 Å². The summed E-state index contributed by atoms with van der Waals surface area (Å²) in [7, 11) is 1.46. The van der Waals surface area contributed by atoms with Crippen LogP contribution in [0.2, 0.25) is 0 Å². The minimum atomic E-state index is -0.550. The molecular weight excluding hydrogens is 434 g/mol. The Kier molecular flexibility index (Phi) is 5.86. The molecule has 1 fully saturated rings. The summed E-state index contributed by atoms with van der Waals surface area (Å²) in [6, 6.07) is 16.3. The van der Waals surface area contributed by atoms with Crippen LogP contribution in [0.4, 0.5) is 16.2 Å². The van der Waals surface area contributed by atoms with E-state index in [0.717, 1.165) is 22.9 Å². The number of nitrogens with zero attached hydrogens (tertiary/aromatic N) is 3. The molecule has 32 heavy (non-hydrogen) atoms. The Morgan fingerprint density at radius 1 is 1.06 bits per heavy atom. The minimum Gasteiger partial charge on any atom is -0.493 e. The summed E-state index contributed by atoms with van der Waals surface area (Å²) >= 11 is 0.857. The second-order valence-electron chi connectivity index (χ2n) is 6.48. The Hall–Kier alpha value is -4.18. The van der Waals surface area contributed by atoms with Crippen molar-refractivity contribution in [1.82, 2.24) is 4.98 Å². The number of carbonyl (C=O) groups is 2. The van der Waals surface area contributed by atoms with Crippen LogP contribution in [0.5, 0.6) is 17.4 Å². The molecule has 1 aliphatic rings. The van der Waals surface area contributed by atoms with Crippen LogP contribution in [0, 0.1) is 10.1 Å². The molecule has 1 aliphatic heterocycles. The quantitative estimate of drug-likeness (QED) is 0.293. The molecule has 1 saturated heterocycles. The maximum absolute atomic E-state index is 12.8. The van der Waals surface area contributed by atoms with Gasteiger partial charge in [-0.25, -0.2) is 9.88 Å². The van der Waals surface area contributed by atoms with Gasteiger partial charge < -0.3 is 9.47 Å². The Morgan fingerprint density at radius 3 is 2.50 bits per heavy atom. The Morgan fingerprint density at radius 2 is 1.84 bits per heavy atom. The summed E-state index contributed by atoms with van der Waals surface area (Å²) in [4.78, 5) is 40.6. The molecular formula is C22H15N3O6S. The fourth-order valence-corrected chi connectivity index (χ4v) is 3.77. The van der Waals surface area contributed by atoms with E-state index in [1.54, 1.807) is 54.6 Å². The lowest BCUT2D eigenvalue weighted by Crippen LogP contribution is -2.27. The lowest BCUT2D eigenvalue weighted by atomic mass is 10.2. The molecule has 3 aromatic rings. The number of benzene rings is 2. The van der Waals surface area contributed by atoms with Gasteiger partial charge in [0, 0.05) is 12.1 Å². The van der Waals surface area contributed by atoms with Gasteiger partial charge in [0.05, 0.1) is 22.6 Å². The summed E-state index contributed by atoms with van der Waals surface area (Å²) in [6.45, 7) is 0. The molecule has 0 saturated carbocycles. The molecule has 2 heterocycles. The van der Waals surface area contributed by atoms with Crippen LogP contribution in [0.25, 0.3) is 6.08 Å². The first-order chi connectivity index (χ1) is 15.5. The lowest BCUT2D eigenvalue weighted by molar-refractivity contribution is -0.385. The van der Waals surface area contributed by atoms with Crippen molar-refractivity contribution in [2.45, 2.75) is 0 Å². The van der Waals surface area contributed by atoms with E-state index in [-0.39, 0.29) is 21.7 Å². The molecule has 2 aromatic carbocycles. The van der Waals surface area contributed by atoms with Gasteiger partial charge in [-0.05, 0) is 47.7 Å². The Balaban J connectivity index is 1.56. The summed E-state index contributed by atoms with van der Waals surface area (Å²) < 4.78 is 11.0. The minimum absolute atomic E-state index is 0.149. The van der Waals surface area contributed by atoms with E-state index in [2.05, 4.69) is 4.98 Å². The second-order valence-corrected chi connectivity index (χ2v) is 7.47. The largest absolute Gasteiger partial charge is 0.493 e. The molecule has 9 nitrogen and oxygen atoms in total. The van der Waals surface area contributed by atoms with Gasteiger partial charge in [-0.1, -0.05) is 24.3 Å². The van der Waals surface area contributed by atoms with Crippen molar-refractivity contribution >= 4 is 40.4 Å². The molecule has 0 unspecified atom stereocenters. The van der Waals surface area contributed by atoms with Gasteiger partial charge in [0.1, 0.15) is 6.20 Å². The number of anilines is 1. The maximum atomic E-state index is 12.8. The number of amides is 2. The monoisotopic (exact) mass is 449 g/mol. The number of nitro groups is 1. The maximum Gasteiger partial charge on any atom is 0.298 e. The van der Waals surface area contributed by atoms with Gasteiger partial charge in [-0.15, -0.1) is 0 Å². The highest BCUT2D eigenvalue weighted by atomic mass is 32.2. The summed E-state index contributed by atoms with van der Waals surface area (Å²) in [5.41, 5.74) is 0.990. The smallest absolute Gasteiger partial charge is 0.298 e. The van der Waals surface area contributed by atoms with E-state index in [4.69, 9.17) is 9.47 Å². The van der Waals surface area contributed by atoms with Gasteiger partial charge in [0.15, 0.2) is 11.5 Å². The van der Waals surface area contributed by atoms with Gasteiger partial charge in [-0.2, -0.15) is 0 Å². The van der Waals surface area contributed by atoms with E-state index in [1.165, 1.54) is 19.2 Å². The summed E-state index contributed by atoms with van der Waals surface area (Å²) in [5.74, 6) is 0.454. The van der Waals surface area contributed by atoms with Crippen molar-refractivity contribution in [3.8, 4) is 17.4 Å².